The lowest BCUT2D eigenvalue weighted by atomic mass is 10.1. The van der Waals surface area contributed by atoms with Crippen molar-refractivity contribution in [1.29, 1.82) is 0 Å². The summed E-state index contributed by atoms with van der Waals surface area (Å²) in [6.45, 7) is 5.34. The molecule has 1 atom stereocenters. The monoisotopic (exact) mass is 206 g/mol. The molecule has 0 spiro atoms. The maximum atomic E-state index is 5.76. The van der Waals surface area contributed by atoms with Crippen LogP contribution in [0.5, 0.6) is 0 Å². The Kier molecular flexibility index (Phi) is 4.63. The van der Waals surface area contributed by atoms with Crippen LogP contribution in [0.25, 0.3) is 0 Å². The van der Waals surface area contributed by atoms with Gasteiger partial charge in [0.05, 0.1) is 0 Å². The predicted octanol–water partition coefficient (Wildman–Crippen LogP) is 2.42. The van der Waals surface area contributed by atoms with Gasteiger partial charge in [-0.3, -0.25) is 0 Å². The first kappa shape index (κ1) is 12.1. The molecule has 0 aliphatic rings. The Morgan fingerprint density at radius 2 is 1.87 bits per heavy atom. The number of hydrogen-bond donors (Lipinski definition) is 1. The lowest BCUT2D eigenvalue weighted by Crippen LogP contribution is -2.19. The first-order chi connectivity index (χ1) is 7.13. The molecule has 0 aliphatic heterocycles. The van der Waals surface area contributed by atoms with Crippen LogP contribution in [-0.2, 0) is 6.42 Å². The molecule has 0 aliphatic carbocycles. The van der Waals surface area contributed by atoms with Crippen LogP contribution in [0.15, 0.2) is 24.3 Å². The van der Waals surface area contributed by atoms with Gasteiger partial charge >= 0.3 is 0 Å². The topological polar surface area (TPSA) is 29.3 Å². The van der Waals surface area contributed by atoms with E-state index in [1.165, 1.54) is 17.7 Å². The molecule has 2 nitrogen and oxygen atoms in total. The average molecular weight is 206 g/mol. The Balaban J connectivity index is 2.63. The standard InChI is InChI=1S/C13H22N2/c1-4-9-15(3)13-7-5-12(6-8-13)10-11(2)14/h5-8,11H,4,9-10,14H2,1-3H3. The Labute approximate surface area is 93.1 Å². The van der Waals surface area contributed by atoms with Crippen molar-refractivity contribution in [2.24, 2.45) is 5.73 Å². The lowest BCUT2D eigenvalue weighted by molar-refractivity contribution is 0.738. The lowest BCUT2D eigenvalue weighted by Gasteiger charge is -2.18. The fourth-order valence-electron chi connectivity index (χ4n) is 1.72. The maximum Gasteiger partial charge on any atom is 0.0363 e. The van der Waals surface area contributed by atoms with Crippen molar-refractivity contribution in [3.8, 4) is 0 Å². The van der Waals surface area contributed by atoms with Crippen molar-refractivity contribution < 1.29 is 0 Å². The molecule has 84 valence electrons. The van der Waals surface area contributed by atoms with Gasteiger partial charge in [-0.25, -0.2) is 0 Å². The zero-order valence-electron chi connectivity index (χ0n) is 10.0. The second-order valence-electron chi connectivity index (χ2n) is 4.27. The number of nitrogens with zero attached hydrogens (tertiary/aromatic N) is 1. The van der Waals surface area contributed by atoms with Crippen LogP contribution >= 0.6 is 0 Å². The average Bonchev–Trinajstić information content (AvgIpc) is 2.18. The summed E-state index contributed by atoms with van der Waals surface area (Å²) < 4.78 is 0. The minimum absolute atomic E-state index is 0.240. The number of anilines is 1. The molecule has 1 unspecified atom stereocenters. The summed E-state index contributed by atoms with van der Waals surface area (Å²) in [5, 5.41) is 0. The van der Waals surface area contributed by atoms with E-state index >= 15 is 0 Å². The van der Waals surface area contributed by atoms with Gasteiger partial charge in [-0.1, -0.05) is 19.1 Å². The van der Waals surface area contributed by atoms with E-state index in [0.717, 1.165) is 13.0 Å². The minimum Gasteiger partial charge on any atom is -0.375 e. The number of rotatable bonds is 5. The first-order valence-corrected chi connectivity index (χ1v) is 5.69. The van der Waals surface area contributed by atoms with Crippen molar-refractivity contribution >= 4 is 5.69 Å². The fourth-order valence-corrected chi connectivity index (χ4v) is 1.72. The number of hydrogen-bond acceptors (Lipinski definition) is 2. The molecule has 1 aromatic carbocycles. The van der Waals surface area contributed by atoms with E-state index in [-0.39, 0.29) is 6.04 Å². The molecular weight excluding hydrogens is 184 g/mol. The molecule has 0 fully saturated rings. The third kappa shape index (κ3) is 3.92. The number of benzene rings is 1. The molecular formula is C13H22N2. The third-order valence-corrected chi connectivity index (χ3v) is 2.49. The van der Waals surface area contributed by atoms with Crippen LogP contribution in [0, 0.1) is 0 Å². The highest BCUT2D eigenvalue weighted by atomic mass is 15.1. The van der Waals surface area contributed by atoms with E-state index in [1.54, 1.807) is 0 Å². The zero-order valence-corrected chi connectivity index (χ0v) is 10.0. The molecule has 0 bridgehead atoms. The summed E-state index contributed by atoms with van der Waals surface area (Å²) in [6.07, 6.45) is 2.13. The quantitative estimate of drug-likeness (QED) is 0.801. The van der Waals surface area contributed by atoms with E-state index < -0.39 is 0 Å². The van der Waals surface area contributed by atoms with Gasteiger partial charge in [0.2, 0.25) is 0 Å². The van der Waals surface area contributed by atoms with Gasteiger partial charge in [-0.15, -0.1) is 0 Å². The highest BCUT2D eigenvalue weighted by Gasteiger charge is 2.01. The summed E-state index contributed by atoms with van der Waals surface area (Å²) in [6, 6.07) is 8.93. The van der Waals surface area contributed by atoms with Gasteiger partial charge < -0.3 is 10.6 Å². The van der Waals surface area contributed by atoms with Crippen molar-refractivity contribution in [1.82, 2.24) is 0 Å². The molecule has 1 aromatic rings. The third-order valence-electron chi connectivity index (χ3n) is 2.49. The highest BCUT2D eigenvalue weighted by Crippen LogP contribution is 2.14. The molecule has 0 amide bonds. The Bertz CT molecular complexity index is 277. The second-order valence-corrected chi connectivity index (χ2v) is 4.27. The van der Waals surface area contributed by atoms with Gasteiger partial charge in [0.15, 0.2) is 0 Å². The van der Waals surface area contributed by atoms with Gasteiger partial charge in [-0.2, -0.15) is 0 Å². The normalized spacial score (nSPS) is 12.5. The van der Waals surface area contributed by atoms with Gasteiger partial charge in [0.1, 0.15) is 0 Å². The summed E-state index contributed by atoms with van der Waals surface area (Å²) in [5.41, 5.74) is 8.36. The number of nitrogens with two attached hydrogens (primary N) is 1. The second kappa shape index (κ2) is 5.76. The van der Waals surface area contributed by atoms with Crippen LogP contribution in [0.2, 0.25) is 0 Å². The maximum absolute atomic E-state index is 5.76. The fraction of sp³-hybridized carbons (Fsp3) is 0.538. The molecule has 0 saturated carbocycles. The van der Waals surface area contributed by atoms with Crippen molar-refractivity contribution in [3.05, 3.63) is 29.8 Å². The Morgan fingerprint density at radius 3 is 2.33 bits per heavy atom. The molecule has 15 heavy (non-hydrogen) atoms. The molecule has 0 radical (unpaired) electrons. The van der Waals surface area contributed by atoms with Crippen LogP contribution in [0.4, 0.5) is 5.69 Å². The van der Waals surface area contributed by atoms with E-state index in [0.29, 0.717) is 0 Å². The van der Waals surface area contributed by atoms with E-state index in [2.05, 4.69) is 43.1 Å². The van der Waals surface area contributed by atoms with Gasteiger partial charge in [0.25, 0.3) is 0 Å². The largest absolute Gasteiger partial charge is 0.375 e. The molecule has 2 N–H and O–H groups in total. The Morgan fingerprint density at radius 1 is 1.27 bits per heavy atom. The van der Waals surface area contributed by atoms with Crippen LogP contribution in [0.1, 0.15) is 25.8 Å². The van der Waals surface area contributed by atoms with E-state index in [1.807, 2.05) is 6.92 Å². The molecule has 2 heteroatoms. The predicted molar refractivity (Wildman–Crippen MR) is 67.4 cm³/mol. The highest BCUT2D eigenvalue weighted by molar-refractivity contribution is 5.46. The molecule has 0 aromatic heterocycles. The van der Waals surface area contributed by atoms with Crippen molar-refractivity contribution in [2.75, 3.05) is 18.5 Å². The van der Waals surface area contributed by atoms with E-state index in [4.69, 9.17) is 5.73 Å². The summed E-state index contributed by atoms with van der Waals surface area (Å²) in [4.78, 5) is 2.27. The van der Waals surface area contributed by atoms with Crippen LogP contribution in [0.3, 0.4) is 0 Å². The first-order valence-electron chi connectivity index (χ1n) is 5.69. The van der Waals surface area contributed by atoms with Gasteiger partial charge in [-0.05, 0) is 37.5 Å². The summed E-state index contributed by atoms with van der Waals surface area (Å²) in [7, 11) is 2.13. The van der Waals surface area contributed by atoms with Crippen molar-refractivity contribution in [3.63, 3.8) is 0 Å². The molecule has 0 saturated heterocycles. The van der Waals surface area contributed by atoms with Crippen LogP contribution < -0.4 is 10.6 Å². The smallest absolute Gasteiger partial charge is 0.0363 e. The molecule has 1 rings (SSSR count). The van der Waals surface area contributed by atoms with E-state index in [9.17, 15) is 0 Å². The molecule has 0 heterocycles. The summed E-state index contributed by atoms with van der Waals surface area (Å²) in [5.74, 6) is 0. The van der Waals surface area contributed by atoms with Crippen molar-refractivity contribution in [2.45, 2.75) is 32.7 Å². The van der Waals surface area contributed by atoms with Gasteiger partial charge in [0, 0.05) is 25.3 Å². The zero-order chi connectivity index (χ0) is 11.3. The summed E-state index contributed by atoms with van der Waals surface area (Å²) >= 11 is 0. The Hall–Kier alpha value is -1.02. The minimum atomic E-state index is 0.240. The van der Waals surface area contributed by atoms with Crippen LogP contribution in [-0.4, -0.2) is 19.6 Å². The SMILES string of the molecule is CCCN(C)c1ccc(CC(C)N)cc1.